The van der Waals surface area contributed by atoms with Gasteiger partial charge in [-0.2, -0.15) is 0 Å². The topological polar surface area (TPSA) is 85.1 Å². The van der Waals surface area contributed by atoms with Crippen LogP contribution in [0, 0.1) is 0 Å². The van der Waals surface area contributed by atoms with Crippen molar-refractivity contribution in [2.75, 3.05) is 4.72 Å². The van der Waals surface area contributed by atoms with Gasteiger partial charge in [-0.3, -0.25) is 4.72 Å². The zero-order chi connectivity index (χ0) is 13.2. The number of benzene rings is 1. The fraction of sp³-hybridized carbons (Fsp3) is 0.100. The molecule has 1 aromatic carbocycles. The number of rotatable bonds is 4. The summed E-state index contributed by atoms with van der Waals surface area (Å²) < 4.78 is 27.1. The van der Waals surface area contributed by atoms with E-state index >= 15 is 0 Å². The van der Waals surface area contributed by atoms with Gasteiger partial charge in [-0.1, -0.05) is 6.07 Å². The predicted octanol–water partition coefficient (Wildman–Crippen LogP) is 2.17. The Morgan fingerprint density at radius 2 is 2.22 bits per heavy atom. The van der Waals surface area contributed by atoms with Crippen molar-refractivity contribution in [2.24, 2.45) is 5.73 Å². The molecular formula is C10H10BrN3O2S2. The number of nitrogens with one attached hydrogen (secondary N) is 1. The molecule has 0 amide bonds. The zero-order valence-electron chi connectivity index (χ0n) is 9.13. The van der Waals surface area contributed by atoms with Gasteiger partial charge in [-0.25, -0.2) is 13.4 Å². The van der Waals surface area contributed by atoms with E-state index < -0.39 is 10.0 Å². The number of thiazole rings is 1. The molecule has 0 atom stereocenters. The van der Waals surface area contributed by atoms with Gasteiger partial charge in [0.2, 0.25) is 0 Å². The first-order valence-corrected chi connectivity index (χ1v) is 8.09. The highest BCUT2D eigenvalue weighted by Crippen LogP contribution is 2.25. The largest absolute Gasteiger partial charge is 0.326 e. The number of sulfonamides is 1. The standard InChI is InChI=1S/C10H10BrN3O2S2/c11-8-5-7(6-12)1-2-9(8)18(15,16)14-10-13-3-4-17-10/h1-5H,6,12H2,(H,13,14). The number of anilines is 1. The summed E-state index contributed by atoms with van der Waals surface area (Å²) >= 11 is 4.46. The van der Waals surface area contributed by atoms with Crippen LogP contribution in [-0.2, 0) is 16.6 Å². The van der Waals surface area contributed by atoms with E-state index in [9.17, 15) is 8.42 Å². The molecule has 0 fully saturated rings. The number of halogens is 1. The molecule has 2 rings (SSSR count). The van der Waals surface area contributed by atoms with E-state index in [1.54, 1.807) is 17.5 Å². The second-order valence-corrected chi connectivity index (χ2v) is 6.81. The maximum absolute atomic E-state index is 12.1. The second-order valence-electron chi connectivity index (χ2n) is 3.41. The fourth-order valence-corrected chi connectivity index (χ4v) is 4.25. The maximum atomic E-state index is 12.1. The van der Waals surface area contributed by atoms with Crippen LogP contribution in [0.2, 0.25) is 0 Å². The van der Waals surface area contributed by atoms with Crippen molar-refractivity contribution in [1.82, 2.24) is 4.98 Å². The second kappa shape index (κ2) is 5.35. The summed E-state index contributed by atoms with van der Waals surface area (Å²) in [5, 5.41) is 2.04. The summed E-state index contributed by atoms with van der Waals surface area (Å²) in [7, 11) is -3.63. The number of nitrogens with zero attached hydrogens (tertiary/aromatic N) is 1. The Kier molecular flexibility index (Phi) is 4.00. The molecule has 0 spiro atoms. The summed E-state index contributed by atoms with van der Waals surface area (Å²) in [5.41, 5.74) is 6.35. The Morgan fingerprint density at radius 3 is 2.78 bits per heavy atom. The van der Waals surface area contributed by atoms with Gasteiger partial charge in [-0.15, -0.1) is 11.3 Å². The van der Waals surface area contributed by atoms with Crippen molar-refractivity contribution in [3.63, 3.8) is 0 Å². The van der Waals surface area contributed by atoms with Crippen LogP contribution in [0.1, 0.15) is 5.56 Å². The highest BCUT2D eigenvalue weighted by atomic mass is 79.9. The van der Waals surface area contributed by atoms with Gasteiger partial charge < -0.3 is 5.73 Å². The Balaban J connectivity index is 2.35. The highest BCUT2D eigenvalue weighted by molar-refractivity contribution is 9.10. The molecule has 0 aliphatic rings. The lowest BCUT2D eigenvalue weighted by atomic mass is 10.2. The first-order valence-electron chi connectivity index (χ1n) is 4.94. The SMILES string of the molecule is NCc1ccc(S(=O)(=O)Nc2nccs2)c(Br)c1. The molecule has 0 unspecified atom stereocenters. The molecular weight excluding hydrogens is 338 g/mol. The smallest absolute Gasteiger partial charge is 0.264 e. The van der Waals surface area contributed by atoms with E-state index in [1.807, 2.05) is 0 Å². The van der Waals surface area contributed by atoms with Crippen LogP contribution in [0.3, 0.4) is 0 Å². The molecule has 18 heavy (non-hydrogen) atoms. The minimum Gasteiger partial charge on any atom is -0.326 e. The van der Waals surface area contributed by atoms with Crippen LogP contribution in [-0.4, -0.2) is 13.4 Å². The lowest BCUT2D eigenvalue weighted by molar-refractivity contribution is 0.600. The molecule has 0 bridgehead atoms. The number of hydrogen-bond acceptors (Lipinski definition) is 5. The molecule has 0 aliphatic heterocycles. The number of aromatic nitrogens is 1. The van der Waals surface area contributed by atoms with E-state index in [0.717, 1.165) is 5.56 Å². The van der Waals surface area contributed by atoms with Crippen LogP contribution < -0.4 is 10.5 Å². The van der Waals surface area contributed by atoms with Gasteiger partial charge in [0.15, 0.2) is 5.13 Å². The highest BCUT2D eigenvalue weighted by Gasteiger charge is 2.18. The molecule has 2 aromatic rings. The molecule has 0 radical (unpaired) electrons. The summed E-state index contributed by atoms with van der Waals surface area (Å²) in [4.78, 5) is 4.05. The first-order chi connectivity index (χ1) is 8.53. The van der Waals surface area contributed by atoms with Crippen LogP contribution in [0.15, 0.2) is 39.1 Å². The normalized spacial score (nSPS) is 11.4. The first kappa shape index (κ1) is 13.5. The Labute approximate surface area is 117 Å². The van der Waals surface area contributed by atoms with Gasteiger partial charge in [0.1, 0.15) is 4.90 Å². The van der Waals surface area contributed by atoms with Crippen LogP contribution in [0.25, 0.3) is 0 Å². The van der Waals surface area contributed by atoms with E-state index in [1.165, 1.54) is 23.6 Å². The average Bonchev–Trinajstić information content (AvgIpc) is 2.80. The summed E-state index contributed by atoms with van der Waals surface area (Å²) in [6, 6.07) is 4.89. The summed E-state index contributed by atoms with van der Waals surface area (Å²) in [6.45, 7) is 0.360. The third-order valence-electron chi connectivity index (χ3n) is 2.18. The summed E-state index contributed by atoms with van der Waals surface area (Å²) in [5.74, 6) is 0. The van der Waals surface area contributed by atoms with Crippen molar-refractivity contribution in [1.29, 1.82) is 0 Å². The zero-order valence-corrected chi connectivity index (χ0v) is 12.3. The van der Waals surface area contributed by atoms with Crippen molar-refractivity contribution in [2.45, 2.75) is 11.4 Å². The van der Waals surface area contributed by atoms with Gasteiger partial charge >= 0.3 is 0 Å². The number of nitrogens with two attached hydrogens (primary N) is 1. The van der Waals surface area contributed by atoms with Crippen molar-refractivity contribution >= 4 is 42.4 Å². The van der Waals surface area contributed by atoms with Crippen molar-refractivity contribution in [3.8, 4) is 0 Å². The monoisotopic (exact) mass is 347 g/mol. The van der Waals surface area contributed by atoms with E-state index in [2.05, 4.69) is 25.6 Å². The molecule has 1 heterocycles. The molecule has 0 saturated heterocycles. The Bertz CT molecular complexity index is 641. The third kappa shape index (κ3) is 2.89. The van der Waals surface area contributed by atoms with Gasteiger partial charge in [-0.05, 0) is 33.6 Å². The molecule has 1 aromatic heterocycles. The molecule has 0 saturated carbocycles. The molecule has 0 aliphatic carbocycles. The van der Waals surface area contributed by atoms with Crippen LogP contribution >= 0.6 is 27.3 Å². The average molecular weight is 348 g/mol. The molecule has 96 valence electrons. The lowest BCUT2D eigenvalue weighted by Crippen LogP contribution is -2.13. The van der Waals surface area contributed by atoms with Crippen LogP contribution in [0.4, 0.5) is 5.13 Å². The van der Waals surface area contributed by atoms with Crippen LogP contribution in [0.5, 0.6) is 0 Å². The minimum absolute atomic E-state index is 0.162. The van der Waals surface area contributed by atoms with Gasteiger partial charge in [0.25, 0.3) is 10.0 Å². The van der Waals surface area contributed by atoms with Gasteiger partial charge in [0, 0.05) is 22.6 Å². The van der Waals surface area contributed by atoms with E-state index in [4.69, 9.17) is 5.73 Å². The van der Waals surface area contributed by atoms with Crippen molar-refractivity contribution < 1.29 is 8.42 Å². The molecule has 5 nitrogen and oxygen atoms in total. The number of hydrogen-bond donors (Lipinski definition) is 2. The third-order valence-corrected chi connectivity index (χ3v) is 5.31. The summed E-state index contributed by atoms with van der Waals surface area (Å²) in [6.07, 6.45) is 1.54. The Morgan fingerprint density at radius 1 is 1.44 bits per heavy atom. The van der Waals surface area contributed by atoms with Gasteiger partial charge in [0.05, 0.1) is 0 Å². The van der Waals surface area contributed by atoms with Crippen molar-refractivity contribution in [3.05, 3.63) is 39.8 Å². The molecule has 8 heteroatoms. The van der Waals surface area contributed by atoms with E-state index in [-0.39, 0.29) is 4.90 Å². The maximum Gasteiger partial charge on any atom is 0.264 e. The Hall–Kier alpha value is -0.960. The minimum atomic E-state index is -3.63. The fourth-order valence-electron chi connectivity index (χ4n) is 1.33. The lowest BCUT2D eigenvalue weighted by Gasteiger charge is -2.08. The van der Waals surface area contributed by atoms with E-state index in [0.29, 0.717) is 16.1 Å². The predicted molar refractivity (Wildman–Crippen MR) is 75.0 cm³/mol. The molecule has 3 N–H and O–H groups in total. The quantitative estimate of drug-likeness (QED) is 0.887.